The summed E-state index contributed by atoms with van der Waals surface area (Å²) in [5, 5.41) is 3.14. The Morgan fingerprint density at radius 2 is 2.38 bits per heavy atom. The van der Waals surface area contributed by atoms with Crippen molar-refractivity contribution >= 4 is 5.97 Å². The van der Waals surface area contributed by atoms with Crippen LogP contribution in [0.1, 0.15) is 20.3 Å². The molecule has 8 heavy (non-hydrogen) atoms. The Morgan fingerprint density at radius 1 is 1.75 bits per heavy atom. The molecule has 0 saturated carbocycles. The van der Waals surface area contributed by atoms with E-state index in [1.54, 1.807) is 13.8 Å². The second kappa shape index (κ2) is 1.44. The highest BCUT2D eigenvalue weighted by molar-refractivity contribution is 5.76. The second-order valence-corrected chi connectivity index (χ2v) is 2.50. The van der Waals surface area contributed by atoms with E-state index in [0.29, 0.717) is 6.42 Å². The number of oxime groups is 1. The topological polar surface area (TPSA) is 21.6 Å². The Kier molecular flexibility index (Phi) is 0.994. The van der Waals surface area contributed by atoms with E-state index in [0.717, 1.165) is 0 Å². The third kappa shape index (κ3) is 0.967. The summed E-state index contributed by atoms with van der Waals surface area (Å²) < 4.78 is 12.0. The molecule has 2 nitrogen and oxygen atoms in total. The first-order valence-corrected chi connectivity index (χ1v) is 2.51. The fourth-order valence-corrected chi connectivity index (χ4v) is 0.589. The Labute approximate surface area is 47.3 Å². The molecule has 0 N–H and O–H groups in total. The van der Waals surface area contributed by atoms with Gasteiger partial charge in [0.1, 0.15) is 5.60 Å². The van der Waals surface area contributed by atoms with E-state index in [2.05, 4.69) is 9.99 Å². The smallest absolute Gasteiger partial charge is 0.230 e. The molecule has 0 aromatic heterocycles. The zero-order valence-corrected chi connectivity index (χ0v) is 4.94. The zero-order chi connectivity index (χ0) is 6.20. The van der Waals surface area contributed by atoms with E-state index >= 15 is 0 Å². The number of hydrogen-bond donors (Lipinski definition) is 0. The third-order valence-corrected chi connectivity index (χ3v) is 0.963. The predicted molar refractivity (Wildman–Crippen MR) is 28.3 cm³/mol. The molecule has 1 rings (SSSR count). The first-order valence-electron chi connectivity index (χ1n) is 2.51. The van der Waals surface area contributed by atoms with Gasteiger partial charge in [0.25, 0.3) is 0 Å². The van der Waals surface area contributed by atoms with Crippen LogP contribution in [-0.4, -0.2) is 11.6 Å². The molecule has 1 heterocycles. The van der Waals surface area contributed by atoms with Crippen molar-refractivity contribution in [1.29, 1.82) is 0 Å². The van der Waals surface area contributed by atoms with E-state index < -0.39 is 11.6 Å². The molecule has 1 aliphatic heterocycles. The number of rotatable bonds is 0. The third-order valence-electron chi connectivity index (χ3n) is 0.963. The molecule has 0 aliphatic carbocycles. The molecule has 1 aliphatic rings. The molecule has 0 aromatic carbocycles. The monoisotopic (exact) mass is 117 g/mol. The van der Waals surface area contributed by atoms with Crippen molar-refractivity contribution in [2.75, 3.05) is 0 Å². The molecule has 0 radical (unpaired) electrons. The first kappa shape index (κ1) is 5.54. The quantitative estimate of drug-likeness (QED) is 0.470. The Morgan fingerprint density at radius 3 is 2.50 bits per heavy atom. The summed E-state index contributed by atoms with van der Waals surface area (Å²) in [6.45, 7) is 3.59. The molecule has 0 bridgehead atoms. The summed E-state index contributed by atoms with van der Waals surface area (Å²) in [5.41, 5.74) is -0.413. The van der Waals surface area contributed by atoms with Crippen molar-refractivity contribution in [3.63, 3.8) is 0 Å². The van der Waals surface area contributed by atoms with E-state index in [4.69, 9.17) is 0 Å². The van der Waals surface area contributed by atoms with Gasteiger partial charge >= 0.3 is 0 Å². The standard InChI is InChI=1S/C5H8FNO/c1-5(2)3-4(6)7-8-5/h3H2,1-2H3. The minimum absolute atomic E-state index is 0.299. The number of hydrogen-bond acceptors (Lipinski definition) is 2. The van der Waals surface area contributed by atoms with Crippen molar-refractivity contribution in [3.05, 3.63) is 0 Å². The van der Waals surface area contributed by atoms with Gasteiger partial charge < -0.3 is 4.84 Å². The maximum Gasteiger partial charge on any atom is 0.230 e. The van der Waals surface area contributed by atoms with Gasteiger partial charge in [-0.3, -0.25) is 0 Å². The van der Waals surface area contributed by atoms with E-state index in [1.165, 1.54) is 0 Å². The van der Waals surface area contributed by atoms with Gasteiger partial charge in [-0.15, -0.1) is 0 Å². The molecule has 46 valence electrons. The summed E-state index contributed by atoms with van der Waals surface area (Å²) in [6.07, 6.45) is 0.299. The normalized spacial score (nSPS) is 24.6. The first-order chi connectivity index (χ1) is 3.60. The highest BCUT2D eigenvalue weighted by Crippen LogP contribution is 2.22. The van der Waals surface area contributed by atoms with Crippen LogP contribution >= 0.6 is 0 Å². The molecule has 0 fully saturated rings. The van der Waals surface area contributed by atoms with Crippen molar-refractivity contribution < 1.29 is 9.23 Å². The average Bonchev–Trinajstić information content (AvgIpc) is 1.82. The highest BCUT2D eigenvalue weighted by Gasteiger charge is 2.28. The van der Waals surface area contributed by atoms with Crippen LogP contribution in [0.4, 0.5) is 4.39 Å². The summed E-state index contributed by atoms with van der Waals surface area (Å²) in [6, 6.07) is 0. The molecule has 0 amide bonds. The minimum atomic E-state index is -0.413. The fourth-order valence-electron chi connectivity index (χ4n) is 0.589. The fraction of sp³-hybridized carbons (Fsp3) is 0.800. The van der Waals surface area contributed by atoms with Crippen LogP contribution in [0.5, 0.6) is 0 Å². The maximum atomic E-state index is 12.0. The molecule has 3 heteroatoms. The number of nitrogens with zero attached hydrogens (tertiary/aromatic N) is 1. The van der Waals surface area contributed by atoms with Gasteiger partial charge in [-0.2, -0.15) is 4.39 Å². The lowest BCUT2D eigenvalue weighted by Crippen LogP contribution is -2.17. The lowest BCUT2D eigenvalue weighted by atomic mass is 10.1. The summed E-state index contributed by atoms with van der Waals surface area (Å²) in [4.78, 5) is 4.67. The van der Waals surface area contributed by atoms with Crippen molar-refractivity contribution in [2.45, 2.75) is 25.9 Å². The SMILES string of the molecule is CC1(C)CC(F)=NO1. The maximum absolute atomic E-state index is 12.0. The van der Waals surface area contributed by atoms with Crippen LogP contribution in [0.2, 0.25) is 0 Å². The van der Waals surface area contributed by atoms with Gasteiger partial charge in [0.2, 0.25) is 5.97 Å². The Hall–Kier alpha value is -0.600. The van der Waals surface area contributed by atoms with Crippen molar-refractivity contribution in [1.82, 2.24) is 0 Å². The molecule has 0 saturated heterocycles. The predicted octanol–water partition coefficient (Wildman–Crippen LogP) is 1.47. The lowest BCUT2D eigenvalue weighted by Gasteiger charge is -2.11. The van der Waals surface area contributed by atoms with Crippen LogP contribution in [0.25, 0.3) is 0 Å². The molecule has 0 unspecified atom stereocenters. The van der Waals surface area contributed by atoms with Gasteiger partial charge in [-0.25, -0.2) is 0 Å². The van der Waals surface area contributed by atoms with Crippen molar-refractivity contribution in [2.24, 2.45) is 5.16 Å². The largest absolute Gasteiger partial charge is 0.387 e. The van der Waals surface area contributed by atoms with Crippen LogP contribution < -0.4 is 0 Å². The van der Waals surface area contributed by atoms with Crippen LogP contribution in [0.15, 0.2) is 5.16 Å². The lowest BCUT2D eigenvalue weighted by molar-refractivity contribution is 0.0123. The van der Waals surface area contributed by atoms with E-state index in [9.17, 15) is 4.39 Å². The minimum Gasteiger partial charge on any atom is -0.387 e. The van der Waals surface area contributed by atoms with Gasteiger partial charge in [-0.05, 0) is 13.8 Å². The van der Waals surface area contributed by atoms with Gasteiger partial charge in [0, 0.05) is 0 Å². The zero-order valence-electron chi connectivity index (χ0n) is 4.94. The molecular formula is C5H8FNO. The highest BCUT2D eigenvalue weighted by atomic mass is 19.1. The Bertz CT molecular complexity index is 130. The van der Waals surface area contributed by atoms with E-state index in [-0.39, 0.29) is 0 Å². The van der Waals surface area contributed by atoms with Crippen LogP contribution in [-0.2, 0) is 4.84 Å². The van der Waals surface area contributed by atoms with Gasteiger partial charge in [-0.1, -0.05) is 5.16 Å². The summed E-state index contributed by atoms with van der Waals surface area (Å²) in [7, 11) is 0. The molecule has 0 atom stereocenters. The van der Waals surface area contributed by atoms with Crippen LogP contribution in [0, 0.1) is 0 Å². The number of halogens is 1. The van der Waals surface area contributed by atoms with Crippen LogP contribution in [0.3, 0.4) is 0 Å². The van der Waals surface area contributed by atoms with Gasteiger partial charge in [0.05, 0.1) is 6.42 Å². The average molecular weight is 117 g/mol. The summed E-state index contributed by atoms with van der Waals surface area (Å²) in [5.74, 6) is -0.407. The molecule has 0 spiro atoms. The van der Waals surface area contributed by atoms with E-state index in [1.807, 2.05) is 0 Å². The Balaban J connectivity index is 2.55. The molecular weight excluding hydrogens is 109 g/mol. The summed E-state index contributed by atoms with van der Waals surface area (Å²) >= 11 is 0. The van der Waals surface area contributed by atoms with Crippen molar-refractivity contribution in [3.8, 4) is 0 Å². The second-order valence-electron chi connectivity index (χ2n) is 2.50. The van der Waals surface area contributed by atoms with Gasteiger partial charge in [0.15, 0.2) is 0 Å². The molecule has 0 aromatic rings.